The molecule has 0 aromatic heterocycles. The van der Waals surface area contributed by atoms with Crippen molar-refractivity contribution < 1.29 is 17.8 Å². The molecule has 0 aliphatic rings. The Hall–Kier alpha value is 0.510. The second-order valence-corrected chi connectivity index (χ2v) is 3.83. The zero-order valence-electron chi connectivity index (χ0n) is 3.78. The minimum Gasteiger partial charge on any atom is -0.277 e. The second kappa shape index (κ2) is 5.31. The molecule has 0 aromatic rings. The van der Waals surface area contributed by atoms with Crippen LogP contribution in [0.5, 0.6) is 0 Å². The van der Waals surface area contributed by atoms with Gasteiger partial charge in [0, 0.05) is 0 Å². The first-order valence-corrected chi connectivity index (χ1v) is 4.53. The maximum absolute atomic E-state index is 9.05. The van der Waals surface area contributed by atoms with E-state index in [1.807, 2.05) is 0 Å². The van der Waals surface area contributed by atoms with Crippen molar-refractivity contribution in [3.05, 3.63) is 0 Å². The first-order valence-electron chi connectivity index (χ1n) is 1.28. The largest absolute Gasteiger partial charge is 0.316 e. The van der Waals surface area contributed by atoms with Gasteiger partial charge in [-0.3, -0.25) is 9.35 Å². The van der Waals surface area contributed by atoms with Crippen molar-refractivity contribution in [2.45, 2.75) is 0 Å². The molecule has 0 saturated carbocycles. The third kappa shape index (κ3) is 1390. The lowest BCUT2D eigenvalue weighted by Crippen LogP contribution is -1.78. The summed E-state index contributed by atoms with van der Waals surface area (Å²) in [5.41, 5.74) is 0. The van der Waals surface area contributed by atoms with E-state index < -0.39 is 13.9 Å². The normalized spacial score (nSPS) is 9.33. The van der Waals surface area contributed by atoms with E-state index in [4.69, 9.17) is 17.8 Å². The van der Waals surface area contributed by atoms with E-state index in [0.717, 1.165) is 0 Å². The summed E-state index contributed by atoms with van der Waals surface area (Å²) in [5, 5.41) is 0. The van der Waals surface area contributed by atoms with E-state index in [0.29, 0.717) is 0 Å². The van der Waals surface area contributed by atoms with Gasteiger partial charge in [-0.15, -0.1) is 0 Å². The highest BCUT2D eigenvalue weighted by Gasteiger charge is 1.83. The average molecular weight is 213 g/mol. The molecule has 0 fully saturated rings. The van der Waals surface area contributed by atoms with Gasteiger partial charge < -0.3 is 0 Å². The molecule has 9 heavy (non-hydrogen) atoms. The fraction of sp³-hybridized carbons (Fsp3) is 0. The predicted octanol–water partition coefficient (Wildman–Crippen LogP) is 1.30. The molecule has 0 amide bonds. The van der Waals surface area contributed by atoms with Crippen LogP contribution in [-0.2, 0) is 9.15 Å². The molecule has 0 atom stereocenters. The lowest BCUT2D eigenvalue weighted by Gasteiger charge is -1.67. The van der Waals surface area contributed by atoms with E-state index >= 15 is 0 Å². The Balaban J connectivity index is 0. The summed E-state index contributed by atoms with van der Waals surface area (Å²) in [7, 11) is -3.97. The van der Waals surface area contributed by atoms with E-state index in [-0.39, 0.29) is 0 Å². The zero-order chi connectivity index (χ0) is 8.08. The van der Waals surface area contributed by atoms with Crippen molar-refractivity contribution in [2.75, 3.05) is 0 Å². The highest BCUT2D eigenvalue weighted by atomic mass is 35.5. The molecule has 4 nitrogen and oxygen atoms in total. The van der Waals surface area contributed by atoms with Crippen LogP contribution in [0.25, 0.3) is 0 Å². The summed E-state index contributed by atoms with van der Waals surface area (Å²) >= 11 is 11.5. The van der Waals surface area contributed by atoms with Gasteiger partial charge in [0.2, 0.25) is 0 Å². The Bertz CT molecular complexity index is 159. The van der Waals surface area contributed by atoms with Gasteiger partial charge in [0.15, 0.2) is 0 Å². The van der Waals surface area contributed by atoms with Gasteiger partial charge in [0.05, 0.1) is 0 Å². The van der Waals surface area contributed by atoms with Crippen molar-refractivity contribution >= 4 is 48.7 Å². The summed E-state index contributed by atoms with van der Waals surface area (Å²) in [6, 6.07) is 0. The second-order valence-electron chi connectivity index (χ2n) is 0.674. The Morgan fingerprint density at radius 1 is 1.44 bits per heavy atom. The van der Waals surface area contributed by atoms with Crippen LogP contribution in [0, 0.1) is 0 Å². The molecular weight excluding hydrogens is 211 g/mol. The molecule has 0 spiro atoms. The lowest BCUT2D eigenvalue weighted by atomic mass is 11.8. The summed E-state index contributed by atoms with van der Waals surface area (Å²) in [6.07, 6.45) is 0. The van der Waals surface area contributed by atoms with Crippen LogP contribution in [0.2, 0.25) is 0 Å². The van der Waals surface area contributed by atoms with Crippen molar-refractivity contribution in [1.29, 1.82) is 0 Å². The molecule has 0 unspecified atom stereocenters. The number of rotatable bonds is 0. The predicted molar refractivity (Wildman–Crippen MR) is 37.6 cm³/mol. The first kappa shape index (κ1) is 12.2. The Morgan fingerprint density at radius 2 is 1.44 bits per heavy atom. The molecule has 0 rings (SSSR count). The Kier molecular flexibility index (Phi) is 7.20. The number of carbonyl (C=O) groups excluding carboxylic acids is 1. The standard InChI is InChI=1S/CCl2O.H2O3S2/c2-1(3)4;1-5(2,3)4/h;(H2,1,2,3,4). The molecular formula is CH2Cl2O4S2. The van der Waals surface area contributed by atoms with Gasteiger partial charge in [-0.1, -0.05) is 0 Å². The van der Waals surface area contributed by atoms with Gasteiger partial charge in [-0.2, -0.15) is 8.42 Å². The van der Waals surface area contributed by atoms with E-state index in [2.05, 4.69) is 34.9 Å². The third-order valence-electron chi connectivity index (χ3n) is 0. The molecule has 0 aliphatic carbocycles. The van der Waals surface area contributed by atoms with Gasteiger partial charge in [0.1, 0.15) is 0 Å². The van der Waals surface area contributed by atoms with E-state index in [1.165, 1.54) is 0 Å². The number of carbonyl (C=O) groups is 1. The van der Waals surface area contributed by atoms with Crippen LogP contribution < -0.4 is 0 Å². The summed E-state index contributed by atoms with van der Waals surface area (Å²) in [5.74, 6) is 0. The Morgan fingerprint density at radius 3 is 1.44 bits per heavy atom. The first-order chi connectivity index (χ1) is 3.73. The smallest absolute Gasteiger partial charge is 0.277 e. The molecule has 0 aromatic carbocycles. The van der Waals surface area contributed by atoms with Gasteiger partial charge in [-0.05, 0) is 34.9 Å². The number of hydrogen-bond donors (Lipinski definition) is 2. The highest BCUT2D eigenvalue weighted by molar-refractivity contribution is 8.61. The van der Waals surface area contributed by atoms with Crippen molar-refractivity contribution in [3.63, 3.8) is 0 Å². The molecule has 8 heteroatoms. The molecule has 0 saturated heterocycles. The van der Waals surface area contributed by atoms with Crippen molar-refractivity contribution in [1.82, 2.24) is 0 Å². The summed E-state index contributed by atoms with van der Waals surface area (Å²) in [4.78, 5) is 8.98. The fourth-order valence-corrected chi connectivity index (χ4v) is 0. The quantitative estimate of drug-likeness (QED) is 0.275. The van der Waals surface area contributed by atoms with Crippen molar-refractivity contribution in [2.24, 2.45) is 0 Å². The van der Waals surface area contributed by atoms with Crippen LogP contribution in [0.4, 0.5) is 4.79 Å². The molecule has 0 heterocycles. The van der Waals surface area contributed by atoms with Crippen LogP contribution in [0.3, 0.4) is 0 Å². The van der Waals surface area contributed by atoms with Crippen LogP contribution >= 0.6 is 34.9 Å². The minimum atomic E-state index is -3.97. The monoisotopic (exact) mass is 212 g/mol. The van der Waals surface area contributed by atoms with E-state index in [1.54, 1.807) is 0 Å². The van der Waals surface area contributed by atoms with E-state index in [9.17, 15) is 0 Å². The number of hydrogen-bond acceptors (Lipinski definition) is 3. The number of halogens is 2. The SMILES string of the molecule is O=C(Cl)Cl.O=S(=O)(O)S. The topological polar surface area (TPSA) is 71.4 Å². The average Bonchev–Trinajstić information content (AvgIpc) is 1.19. The third-order valence-corrected chi connectivity index (χ3v) is 0. The molecule has 0 bridgehead atoms. The molecule has 56 valence electrons. The van der Waals surface area contributed by atoms with Gasteiger partial charge >= 0.3 is 13.9 Å². The molecule has 0 radical (unpaired) electrons. The number of thiol groups is 1. The van der Waals surface area contributed by atoms with Crippen LogP contribution in [-0.4, -0.2) is 17.7 Å². The molecule has 1 N–H and O–H groups in total. The van der Waals surface area contributed by atoms with Crippen LogP contribution in [0.15, 0.2) is 0 Å². The lowest BCUT2D eigenvalue weighted by molar-refractivity contribution is 0.275. The van der Waals surface area contributed by atoms with Crippen LogP contribution in [0.1, 0.15) is 0 Å². The van der Waals surface area contributed by atoms with Crippen molar-refractivity contribution in [3.8, 4) is 0 Å². The van der Waals surface area contributed by atoms with Gasteiger partial charge in [-0.25, -0.2) is 0 Å². The Labute approximate surface area is 66.7 Å². The van der Waals surface area contributed by atoms with Gasteiger partial charge in [0.25, 0.3) is 0 Å². The highest BCUT2D eigenvalue weighted by Crippen LogP contribution is 1.84. The summed E-state index contributed by atoms with van der Waals surface area (Å²) in [6.45, 7) is 0. The summed E-state index contributed by atoms with van der Waals surface area (Å²) < 4.78 is 24.6. The maximum atomic E-state index is 9.05. The fourth-order valence-electron chi connectivity index (χ4n) is 0. The zero-order valence-corrected chi connectivity index (χ0v) is 7.01. The maximum Gasteiger partial charge on any atom is 0.316 e. The molecule has 0 aliphatic heterocycles. The minimum absolute atomic E-state index is 0.889.